The molecule has 3 saturated carbocycles. The molecule has 1 saturated heterocycles. The zero-order valence-corrected chi connectivity index (χ0v) is 35.4. The van der Waals surface area contributed by atoms with Crippen LogP contribution in [0.3, 0.4) is 0 Å². The van der Waals surface area contributed by atoms with Gasteiger partial charge in [-0.1, -0.05) is 45.0 Å². The summed E-state index contributed by atoms with van der Waals surface area (Å²) in [6.45, 7) is 9.19. The lowest BCUT2D eigenvalue weighted by atomic mass is 9.45. The van der Waals surface area contributed by atoms with Crippen molar-refractivity contribution in [2.75, 3.05) is 59.5 Å². The number of ether oxygens (including phenoxy) is 1. The van der Waals surface area contributed by atoms with Crippen LogP contribution < -0.4 is 20.3 Å². The molecule has 3 aliphatic carbocycles. The van der Waals surface area contributed by atoms with Crippen LogP contribution in [0.1, 0.15) is 62.2 Å². The fourth-order valence-corrected chi connectivity index (χ4v) is 9.87. The third-order valence-corrected chi connectivity index (χ3v) is 13.2. The van der Waals surface area contributed by atoms with Gasteiger partial charge in [-0.25, -0.2) is 0 Å². The summed E-state index contributed by atoms with van der Waals surface area (Å²) < 4.78 is 6.11. The van der Waals surface area contributed by atoms with E-state index in [9.17, 15) is 24.9 Å². The van der Waals surface area contributed by atoms with E-state index in [0.29, 0.717) is 48.6 Å². The van der Waals surface area contributed by atoms with Crippen LogP contribution in [0.15, 0.2) is 60.8 Å². The molecule has 4 fully saturated rings. The number of nitrogens with one attached hydrogen (secondary N) is 2. The number of carbonyl (C=O) groups is 2. The van der Waals surface area contributed by atoms with E-state index in [1.54, 1.807) is 25.3 Å². The number of hydroxylamine groups is 2. The molecule has 1 aromatic heterocycles. The van der Waals surface area contributed by atoms with E-state index in [4.69, 9.17) is 9.57 Å². The van der Waals surface area contributed by atoms with Gasteiger partial charge in [0.1, 0.15) is 17.9 Å². The molecule has 1 unspecified atom stereocenters. The second-order valence-corrected chi connectivity index (χ2v) is 17.6. The van der Waals surface area contributed by atoms with Crippen LogP contribution in [-0.2, 0) is 22.6 Å². The molecule has 2 amide bonds. The Bertz CT molecular complexity index is 1880. The summed E-state index contributed by atoms with van der Waals surface area (Å²) in [6, 6.07) is 16.0. The minimum absolute atomic E-state index is 0.0163. The van der Waals surface area contributed by atoms with Gasteiger partial charge < -0.3 is 40.5 Å². The number of aromatic nitrogens is 1. The molecule has 5 N–H and O–H groups in total. The van der Waals surface area contributed by atoms with Crippen LogP contribution in [-0.4, -0.2) is 127 Å². The van der Waals surface area contributed by atoms with E-state index in [1.165, 1.54) is 6.42 Å². The number of methoxy groups -OCH3 is 1. The highest BCUT2D eigenvalue weighted by atomic mass is 16.7. The number of rotatable bonds is 17. The third-order valence-electron chi connectivity index (χ3n) is 13.2. The highest BCUT2D eigenvalue weighted by molar-refractivity contribution is 5.97. The van der Waals surface area contributed by atoms with Crippen LogP contribution in [0, 0.1) is 29.1 Å². The van der Waals surface area contributed by atoms with Gasteiger partial charge in [0.2, 0.25) is 5.91 Å². The van der Waals surface area contributed by atoms with Gasteiger partial charge in [0.25, 0.3) is 5.91 Å². The summed E-state index contributed by atoms with van der Waals surface area (Å²) in [6.07, 6.45) is 2.70. The quantitative estimate of drug-likeness (QED) is 0.135. The average molecular weight is 801 g/mol. The topological polar surface area (TPSA) is 160 Å². The third kappa shape index (κ3) is 9.20. The second-order valence-electron chi connectivity index (χ2n) is 17.6. The summed E-state index contributed by atoms with van der Waals surface area (Å²) >= 11 is 0. The first kappa shape index (κ1) is 43.5. The molecule has 13 heteroatoms. The van der Waals surface area contributed by atoms with Crippen LogP contribution >= 0.6 is 0 Å². The molecular formula is C45H64N6O7. The number of carbonyl (C=O) groups excluding carboxylic acids is 2. The molecular weight excluding hydrogens is 737 g/mol. The molecule has 316 valence electrons. The monoisotopic (exact) mass is 800 g/mol. The Labute approximate surface area is 343 Å². The average Bonchev–Trinajstić information content (AvgIpc) is 3.57. The first-order valence-electron chi connectivity index (χ1n) is 20.7. The normalized spacial score (nSPS) is 26.1. The van der Waals surface area contributed by atoms with Crippen molar-refractivity contribution in [1.82, 2.24) is 25.6 Å². The van der Waals surface area contributed by atoms with Crippen molar-refractivity contribution in [3.05, 3.63) is 77.6 Å². The molecule has 1 aliphatic heterocycles. The number of para-hydroxylation sites is 1. The lowest BCUT2D eigenvalue weighted by molar-refractivity contribution is -0.183. The SMILES string of the molecule is COc1c(CN2O[C@@H](CO)[C@@H]([C@H](C)O)[C@H]2C(=O)N[C@H]2C[C@H]3C[C@@H]([C@@H]2C)C3(C)C)cccc1-c1cc(C(=O)NC(Cc2ccccn2)CN(C)C)cc(N(C)CCO)c1. The molecule has 0 radical (unpaired) electrons. The Kier molecular flexibility index (Phi) is 13.8. The van der Waals surface area contributed by atoms with Gasteiger partial charge in [0.15, 0.2) is 0 Å². The number of anilines is 1. The van der Waals surface area contributed by atoms with Gasteiger partial charge in [-0.3, -0.25) is 19.4 Å². The van der Waals surface area contributed by atoms with Crippen molar-refractivity contribution < 1.29 is 34.5 Å². The molecule has 2 heterocycles. The molecule has 4 aliphatic rings. The minimum Gasteiger partial charge on any atom is -0.496 e. The van der Waals surface area contributed by atoms with Crippen LogP contribution in [0.4, 0.5) is 5.69 Å². The maximum Gasteiger partial charge on any atom is 0.251 e. The fraction of sp³-hybridized carbons (Fsp3) is 0.578. The first-order valence-corrected chi connectivity index (χ1v) is 20.7. The van der Waals surface area contributed by atoms with Gasteiger partial charge in [-0.15, -0.1) is 0 Å². The molecule has 13 nitrogen and oxygen atoms in total. The number of likely N-dealkylation sites (N-methyl/N-ethyl adjacent to an activating group) is 2. The molecule has 0 spiro atoms. The fourth-order valence-electron chi connectivity index (χ4n) is 9.87. The van der Waals surface area contributed by atoms with Gasteiger partial charge in [-0.05, 0) is 92.9 Å². The van der Waals surface area contributed by atoms with Crippen molar-refractivity contribution in [3.8, 4) is 16.9 Å². The first-order chi connectivity index (χ1) is 27.7. The Morgan fingerprint density at radius 1 is 1.09 bits per heavy atom. The number of benzene rings is 2. The highest BCUT2D eigenvalue weighted by Crippen LogP contribution is 2.61. The lowest BCUT2D eigenvalue weighted by Gasteiger charge is -2.62. The van der Waals surface area contributed by atoms with Crippen LogP contribution in [0.5, 0.6) is 5.75 Å². The van der Waals surface area contributed by atoms with E-state index in [1.807, 2.05) is 85.5 Å². The van der Waals surface area contributed by atoms with Crippen molar-refractivity contribution >= 4 is 17.5 Å². The van der Waals surface area contributed by atoms with E-state index in [-0.39, 0.29) is 49.1 Å². The van der Waals surface area contributed by atoms with E-state index < -0.39 is 24.2 Å². The maximum atomic E-state index is 14.3. The molecule has 3 aromatic rings. The molecule has 7 rings (SSSR count). The zero-order chi connectivity index (χ0) is 41.9. The minimum atomic E-state index is -0.924. The van der Waals surface area contributed by atoms with Crippen molar-refractivity contribution in [3.63, 3.8) is 0 Å². The van der Waals surface area contributed by atoms with Crippen LogP contribution in [0.2, 0.25) is 0 Å². The smallest absolute Gasteiger partial charge is 0.251 e. The Balaban J connectivity index is 1.30. The van der Waals surface area contributed by atoms with Crippen molar-refractivity contribution in [2.24, 2.45) is 29.1 Å². The van der Waals surface area contributed by atoms with Gasteiger partial charge in [-0.2, -0.15) is 5.06 Å². The van der Waals surface area contributed by atoms with Gasteiger partial charge >= 0.3 is 0 Å². The predicted molar refractivity (Wildman–Crippen MR) is 224 cm³/mol. The number of hydrogen-bond donors (Lipinski definition) is 5. The Morgan fingerprint density at radius 2 is 1.86 bits per heavy atom. The lowest BCUT2D eigenvalue weighted by Crippen LogP contribution is -2.62. The summed E-state index contributed by atoms with van der Waals surface area (Å²) in [7, 11) is 7.39. The largest absolute Gasteiger partial charge is 0.496 e. The summed E-state index contributed by atoms with van der Waals surface area (Å²) in [5, 5.41) is 39.4. The van der Waals surface area contributed by atoms with E-state index in [2.05, 4.69) is 36.4 Å². The predicted octanol–water partition coefficient (Wildman–Crippen LogP) is 3.75. The summed E-state index contributed by atoms with van der Waals surface area (Å²) in [4.78, 5) is 43.1. The van der Waals surface area contributed by atoms with Gasteiger partial charge in [0.05, 0.1) is 33.0 Å². The maximum absolute atomic E-state index is 14.3. The Morgan fingerprint density at radius 3 is 2.48 bits per heavy atom. The number of fused-ring (bicyclic) bond motifs is 2. The number of aliphatic hydroxyl groups is 3. The zero-order valence-electron chi connectivity index (χ0n) is 35.4. The number of aliphatic hydroxyl groups excluding tert-OH is 3. The van der Waals surface area contributed by atoms with Crippen molar-refractivity contribution in [2.45, 2.75) is 83.8 Å². The highest BCUT2D eigenvalue weighted by Gasteiger charge is 2.57. The summed E-state index contributed by atoms with van der Waals surface area (Å²) in [5.41, 5.74) is 4.48. The molecule has 2 aromatic carbocycles. The number of pyridine rings is 1. The summed E-state index contributed by atoms with van der Waals surface area (Å²) in [5.74, 6) is 0.801. The molecule has 58 heavy (non-hydrogen) atoms. The number of hydrogen-bond acceptors (Lipinski definition) is 11. The number of amides is 2. The van der Waals surface area contributed by atoms with E-state index >= 15 is 0 Å². The van der Waals surface area contributed by atoms with E-state index in [0.717, 1.165) is 34.5 Å². The van der Waals surface area contributed by atoms with Crippen molar-refractivity contribution in [1.29, 1.82) is 0 Å². The number of nitrogens with zero attached hydrogens (tertiary/aromatic N) is 4. The Hall–Kier alpha value is -4.11. The second kappa shape index (κ2) is 18.4. The molecule has 2 bridgehead atoms. The standard InChI is InChI=1S/C45H64N6O7/c1-27-37-21-32(45(37,3)4)22-38(27)48-44(56)41-40(28(2)54)39(26-53)58-51(41)24-29-12-11-14-36(42(29)57-8)30-18-31(20-35(19-30)50(7)16-17-52)43(55)47-34(25-49(5)6)23-33-13-9-10-15-46-33/h9-15,18-20,27-28,32,34,37-41,52-54H,16-17,21-26H2,1-8H3,(H,47,55)(H,48,56)/t27-,28-,32+,34?,37-,38-,39-,40+,41-/m0/s1. The van der Waals surface area contributed by atoms with Gasteiger partial charge in [0, 0.05) is 78.8 Å². The molecule has 9 atom stereocenters. The van der Waals surface area contributed by atoms with Crippen LogP contribution in [0.25, 0.3) is 11.1 Å².